The van der Waals surface area contributed by atoms with Gasteiger partial charge >= 0.3 is 0 Å². The SMILES string of the molecule is O=C1c2ccccc2C2(c3ccccc3-c3ccccc32)c2nc3ccc(-c4nc(-c5ccccc5)nc(-n5c6ccccc6c6ccccc65)n4)cc3n21. The van der Waals surface area contributed by atoms with E-state index in [9.17, 15) is 4.79 Å². The second-order valence-corrected chi connectivity index (χ2v) is 14.2. The Hall–Kier alpha value is -7.51. The lowest BCUT2D eigenvalue weighted by Crippen LogP contribution is -2.40. The quantitative estimate of drug-likeness (QED) is 0.183. The van der Waals surface area contributed by atoms with E-state index in [-0.39, 0.29) is 5.91 Å². The maximum atomic E-state index is 14.8. The highest BCUT2D eigenvalue weighted by Crippen LogP contribution is 2.58. The van der Waals surface area contributed by atoms with Crippen molar-refractivity contribution in [3.63, 3.8) is 0 Å². The molecule has 0 unspecified atom stereocenters. The average molecular weight is 705 g/mol. The molecule has 0 radical (unpaired) electrons. The van der Waals surface area contributed by atoms with Crippen molar-refractivity contribution in [2.75, 3.05) is 0 Å². The average Bonchev–Trinajstić information content (AvgIpc) is 3.90. The Morgan fingerprint density at radius 3 is 1.60 bits per heavy atom. The van der Waals surface area contributed by atoms with Gasteiger partial charge < -0.3 is 0 Å². The van der Waals surface area contributed by atoms with Gasteiger partial charge in [-0.25, -0.2) is 9.97 Å². The number of nitrogens with zero attached hydrogens (tertiary/aromatic N) is 6. The van der Waals surface area contributed by atoms with Crippen molar-refractivity contribution in [2.24, 2.45) is 0 Å². The van der Waals surface area contributed by atoms with E-state index >= 15 is 0 Å². The van der Waals surface area contributed by atoms with Gasteiger partial charge in [-0.15, -0.1) is 0 Å². The monoisotopic (exact) mass is 704 g/mol. The molecule has 7 aromatic carbocycles. The van der Waals surface area contributed by atoms with Crippen molar-refractivity contribution >= 4 is 38.7 Å². The van der Waals surface area contributed by atoms with E-state index in [1.807, 2.05) is 83.4 Å². The molecule has 1 aliphatic carbocycles. The number of benzene rings is 7. The molecule has 0 fully saturated rings. The summed E-state index contributed by atoms with van der Waals surface area (Å²) in [5.74, 6) is 2.15. The van der Waals surface area contributed by atoms with Crippen LogP contribution in [0.2, 0.25) is 0 Å². The van der Waals surface area contributed by atoms with Crippen molar-refractivity contribution in [1.29, 1.82) is 0 Å². The summed E-state index contributed by atoms with van der Waals surface area (Å²) >= 11 is 0. The van der Waals surface area contributed by atoms with Crippen LogP contribution in [-0.4, -0.2) is 35.0 Å². The lowest BCUT2D eigenvalue weighted by atomic mass is 9.68. The minimum absolute atomic E-state index is 0.107. The number of fused-ring (bicyclic) bond motifs is 14. The summed E-state index contributed by atoms with van der Waals surface area (Å²) in [4.78, 5) is 35.5. The van der Waals surface area contributed by atoms with Gasteiger partial charge in [-0.05, 0) is 64.2 Å². The molecule has 256 valence electrons. The fraction of sp³-hybridized carbons (Fsp3) is 0.0208. The van der Waals surface area contributed by atoms with Crippen molar-refractivity contribution in [1.82, 2.24) is 29.1 Å². The van der Waals surface area contributed by atoms with Crippen LogP contribution in [0.3, 0.4) is 0 Å². The van der Waals surface area contributed by atoms with Crippen LogP contribution in [0.5, 0.6) is 0 Å². The van der Waals surface area contributed by atoms with Gasteiger partial charge in [0.05, 0.1) is 22.1 Å². The summed E-state index contributed by atoms with van der Waals surface area (Å²) in [7, 11) is 0. The molecule has 55 heavy (non-hydrogen) atoms. The second kappa shape index (κ2) is 11.0. The molecule has 1 aliphatic heterocycles. The van der Waals surface area contributed by atoms with E-state index in [0.29, 0.717) is 34.5 Å². The molecule has 1 spiro atoms. The summed E-state index contributed by atoms with van der Waals surface area (Å²) in [6.45, 7) is 0. The van der Waals surface area contributed by atoms with Crippen molar-refractivity contribution in [3.05, 3.63) is 198 Å². The van der Waals surface area contributed by atoms with Gasteiger partial charge in [0.25, 0.3) is 5.91 Å². The van der Waals surface area contributed by atoms with Crippen LogP contribution >= 0.6 is 0 Å². The number of aromatic nitrogens is 6. The van der Waals surface area contributed by atoms with Gasteiger partial charge in [0, 0.05) is 27.5 Å². The minimum Gasteiger partial charge on any atom is -0.278 e. The number of rotatable bonds is 3. The second-order valence-electron chi connectivity index (χ2n) is 14.2. The van der Waals surface area contributed by atoms with Crippen LogP contribution in [0.15, 0.2) is 170 Å². The molecule has 0 atom stereocenters. The maximum absolute atomic E-state index is 14.8. The minimum atomic E-state index is -0.784. The van der Waals surface area contributed by atoms with Gasteiger partial charge in [0.2, 0.25) is 5.95 Å². The van der Waals surface area contributed by atoms with E-state index in [2.05, 4.69) is 95.6 Å². The van der Waals surface area contributed by atoms with E-state index in [1.54, 1.807) is 0 Å². The molecule has 2 aliphatic rings. The number of hydrogen-bond donors (Lipinski definition) is 0. The van der Waals surface area contributed by atoms with E-state index in [0.717, 1.165) is 66.3 Å². The first-order chi connectivity index (χ1) is 27.2. The van der Waals surface area contributed by atoms with Crippen molar-refractivity contribution < 1.29 is 4.79 Å². The molecule has 0 saturated carbocycles. The zero-order valence-corrected chi connectivity index (χ0v) is 29.3. The number of imidazole rings is 1. The van der Waals surface area contributed by atoms with Crippen LogP contribution in [0.1, 0.15) is 32.9 Å². The molecule has 3 aromatic heterocycles. The highest BCUT2D eigenvalue weighted by Gasteiger charge is 2.53. The Bertz CT molecular complexity index is 3150. The third-order valence-electron chi connectivity index (χ3n) is 11.4. The van der Waals surface area contributed by atoms with E-state index in [4.69, 9.17) is 19.9 Å². The number of para-hydroxylation sites is 2. The number of carbonyl (C=O) groups excluding carboxylic acids is 1. The normalized spacial score (nSPS) is 13.6. The van der Waals surface area contributed by atoms with Gasteiger partial charge in [-0.1, -0.05) is 133 Å². The van der Waals surface area contributed by atoms with Crippen molar-refractivity contribution in [3.8, 4) is 39.9 Å². The van der Waals surface area contributed by atoms with E-state index in [1.165, 1.54) is 0 Å². The van der Waals surface area contributed by atoms with Gasteiger partial charge in [-0.2, -0.15) is 9.97 Å². The Labute approximate surface area is 314 Å². The topological polar surface area (TPSA) is 78.5 Å². The first-order valence-corrected chi connectivity index (χ1v) is 18.4. The third kappa shape index (κ3) is 3.96. The molecule has 7 heteroatoms. The standard InChI is InChI=1S/C48H28N6O/c55-45-35-20-6-11-23-38(35)48(36-21-9-4-16-31(36)32-17-5-10-22-37(32)48)46-49-39-27-26-30(28-42(39)54(45)46)44-50-43(29-14-2-1-3-15-29)51-47(52-44)53-40-24-12-7-18-33(40)34-19-8-13-25-41(34)53/h1-28H. The molecule has 7 nitrogen and oxygen atoms in total. The Balaban J connectivity index is 1.13. The van der Waals surface area contributed by atoms with Crippen LogP contribution in [0.25, 0.3) is 72.7 Å². The van der Waals surface area contributed by atoms with Gasteiger partial charge in [0.1, 0.15) is 11.2 Å². The number of hydrogen-bond acceptors (Lipinski definition) is 5. The molecular formula is C48H28N6O. The molecule has 10 aromatic rings. The first kappa shape index (κ1) is 30.0. The molecular weight excluding hydrogens is 677 g/mol. The van der Waals surface area contributed by atoms with Crippen molar-refractivity contribution in [2.45, 2.75) is 5.41 Å². The highest BCUT2D eigenvalue weighted by atomic mass is 16.2. The smallest absolute Gasteiger partial charge is 0.264 e. The lowest BCUT2D eigenvalue weighted by Gasteiger charge is -2.37. The predicted octanol–water partition coefficient (Wildman–Crippen LogP) is 10.0. The molecule has 4 heterocycles. The summed E-state index contributed by atoms with van der Waals surface area (Å²) in [6, 6.07) is 57.7. The molecule has 12 rings (SSSR count). The Morgan fingerprint density at radius 2 is 0.945 bits per heavy atom. The van der Waals surface area contributed by atoms with Crippen LogP contribution < -0.4 is 0 Å². The summed E-state index contributed by atoms with van der Waals surface area (Å²) < 4.78 is 3.94. The fourth-order valence-electron chi connectivity index (χ4n) is 9.12. The predicted molar refractivity (Wildman–Crippen MR) is 215 cm³/mol. The zero-order valence-electron chi connectivity index (χ0n) is 29.3. The largest absolute Gasteiger partial charge is 0.278 e. The third-order valence-corrected chi connectivity index (χ3v) is 11.4. The summed E-state index contributed by atoms with van der Waals surface area (Å²) in [5.41, 5.74) is 10.4. The van der Waals surface area contributed by atoms with Gasteiger partial charge in [-0.3, -0.25) is 13.9 Å². The highest BCUT2D eigenvalue weighted by molar-refractivity contribution is 6.09. The molecule has 0 amide bonds. The Kier molecular flexibility index (Phi) is 6.00. The summed E-state index contributed by atoms with van der Waals surface area (Å²) in [6.07, 6.45) is 0. The zero-order chi connectivity index (χ0) is 36.3. The van der Waals surface area contributed by atoms with Crippen LogP contribution in [-0.2, 0) is 5.41 Å². The fourth-order valence-corrected chi connectivity index (χ4v) is 9.12. The van der Waals surface area contributed by atoms with E-state index < -0.39 is 5.41 Å². The molecule has 0 N–H and O–H groups in total. The summed E-state index contributed by atoms with van der Waals surface area (Å²) in [5, 5.41) is 2.24. The molecule has 0 saturated heterocycles. The lowest BCUT2D eigenvalue weighted by molar-refractivity contribution is 0.0951. The first-order valence-electron chi connectivity index (χ1n) is 18.4. The maximum Gasteiger partial charge on any atom is 0.264 e. The van der Waals surface area contributed by atoms with Crippen LogP contribution in [0, 0.1) is 0 Å². The van der Waals surface area contributed by atoms with Crippen LogP contribution in [0.4, 0.5) is 0 Å². The van der Waals surface area contributed by atoms with Gasteiger partial charge in [0.15, 0.2) is 11.6 Å². The molecule has 0 bridgehead atoms. The Morgan fingerprint density at radius 1 is 0.418 bits per heavy atom. The number of carbonyl (C=O) groups is 1.